The van der Waals surface area contributed by atoms with Crippen molar-refractivity contribution in [3.8, 4) is 5.75 Å². The molecule has 0 amide bonds. The number of rotatable bonds is 5. The number of hydrogen-bond donors (Lipinski definition) is 0. The zero-order valence-corrected chi connectivity index (χ0v) is 15.1. The molecule has 6 nitrogen and oxygen atoms in total. The summed E-state index contributed by atoms with van der Waals surface area (Å²) < 4.78 is 55.9. The lowest BCUT2D eigenvalue weighted by Gasteiger charge is -2.09. The van der Waals surface area contributed by atoms with Gasteiger partial charge in [-0.25, -0.2) is 0 Å². The van der Waals surface area contributed by atoms with Crippen LogP contribution in [0.15, 0.2) is 51.8 Å². The van der Waals surface area contributed by atoms with Crippen molar-refractivity contribution in [2.24, 2.45) is 0 Å². The van der Waals surface area contributed by atoms with E-state index in [2.05, 4.69) is 15.9 Å². The van der Waals surface area contributed by atoms with Gasteiger partial charge in [0.25, 0.3) is 5.69 Å². The molecule has 0 aromatic heterocycles. The molecule has 1 atom stereocenters. The minimum atomic E-state index is -4.79. The van der Waals surface area contributed by atoms with Crippen LogP contribution in [0.1, 0.15) is 5.56 Å². The van der Waals surface area contributed by atoms with Crippen LogP contribution in [-0.4, -0.2) is 20.9 Å². The van der Waals surface area contributed by atoms with Gasteiger partial charge in [-0.05, 0) is 36.4 Å². The van der Waals surface area contributed by atoms with Gasteiger partial charge in [-0.3, -0.25) is 19.1 Å². The normalized spacial score (nSPS) is 12.5. The van der Waals surface area contributed by atoms with E-state index in [-0.39, 0.29) is 11.8 Å². The molecule has 26 heavy (non-hydrogen) atoms. The number of nitro benzene ring substituents is 1. The van der Waals surface area contributed by atoms with Crippen molar-refractivity contribution in [1.82, 2.24) is 0 Å². The third-order valence-electron chi connectivity index (χ3n) is 3.02. The van der Waals surface area contributed by atoms with Gasteiger partial charge in [0.15, 0.2) is 0 Å². The van der Waals surface area contributed by atoms with E-state index < -0.39 is 49.8 Å². The monoisotopic (exact) mass is 451 g/mol. The Hall–Kier alpha value is -2.27. The van der Waals surface area contributed by atoms with E-state index in [0.717, 1.165) is 10.5 Å². The van der Waals surface area contributed by atoms with Crippen LogP contribution in [0, 0.1) is 10.1 Å². The smallest absolute Gasteiger partial charge is 0.416 e. The maximum absolute atomic E-state index is 12.7. The summed E-state index contributed by atoms with van der Waals surface area (Å²) >= 11 is 3.19. The van der Waals surface area contributed by atoms with Gasteiger partial charge in [0.1, 0.15) is 16.4 Å². The van der Waals surface area contributed by atoms with E-state index in [1.807, 2.05) is 0 Å². The molecule has 138 valence electrons. The van der Waals surface area contributed by atoms with Crippen molar-refractivity contribution >= 4 is 38.4 Å². The van der Waals surface area contributed by atoms with Crippen LogP contribution in [0.2, 0.25) is 0 Å². The largest absolute Gasteiger partial charge is 0.426 e. The molecule has 0 N–H and O–H groups in total. The third-order valence-corrected chi connectivity index (χ3v) is 4.88. The van der Waals surface area contributed by atoms with Crippen LogP contribution in [0.4, 0.5) is 18.9 Å². The third kappa shape index (κ3) is 5.11. The molecule has 0 spiro atoms. The summed E-state index contributed by atoms with van der Waals surface area (Å²) in [4.78, 5) is 21.2. The van der Waals surface area contributed by atoms with Gasteiger partial charge < -0.3 is 4.74 Å². The van der Waals surface area contributed by atoms with E-state index in [1.54, 1.807) is 12.1 Å². The summed E-state index contributed by atoms with van der Waals surface area (Å²) in [5.41, 5.74) is -2.23. The maximum atomic E-state index is 12.7. The molecule has 2 aromatic carbocycles. The van der Waals surface area contributed by atoms with E-state index in [1.165, 1.54) is 12.1 Å². The SMILES string of the molecule is O=C(C[S@@](=O)c1ccc(C(F)(F)F)cc1[N+](=O)[O-])Oc1ccc(Br)cc1. The number of hydrogen-bond acceptors (Lipinski definition) is 5. The highest BCUT2D eigenvalue weighted by Crippen LogP contribution is 2.34. The van der Waals surface area contributed by atoms with Crippen molar-refractivity contribution in [3.05, 3.63) is 62.6 Å². The Morgan fingerprint density at radius 3 is 2.35 bits per heavy atom. The number of alkyl halides is 3. The van der Waals surface area contributed by atoms with Gasteiger partial charge in [0, 0.05) is 10.5 Å². The number of carbonyl (C=O) groups excluding carboxylic acids is 1. The highest BCUT2D eigenvalue weighted by molar-refractivity contribution is 9.10. The minimum absolute atomic E-state index is 0.164. The second-order valence-corrected chi connectivity index (χ2v) is 7.19. The Bertz CT molecular complexity index is 871. The van der Waals surface area contributed by atoms with Crippen molar-refractivity contribution in [2.75, 3.05) is 5.75 Å². The Labute approximate surface area is 155 Å². The topological polar surface area (TPSA) is 86.5 Å². The van der Waals surface area contributed by atoms with Crippen molar-refractivity contribution in [2.45, 2.75) is 11.1 Å². The van der Waals surface area contributed by atoms with Gasteiger partial charge in [0.05, 0.1) is 21.3 Å². The molecule has 0 bridgehead atoms. The summed E-state index contributed by atoms with van der Waals surface area (Å²) in [6.45, 7) is 0. The average Bonchev–Trinajstić information content (AvgIpc) is 2.55. The van der Waals surface area contributed by atoms with Crippen LogP contribution < -0.4 is 4.74 Å². The van der Waals surface area contributed by atoms with E-state index in [4.69, 9.17) is 4.74 Å². The molecule has 0 saturated carbocycles. The minimum Gasteiger partial charge on any atom is -0.426 e. The number of halogens is 4. The molecule has 0 fully saturated rings. The lowest BCUT2D eigenvalue weighted by molar-refractivity contribution is -0.388. The van der Waals surface area contributed by atoms with E-state index in [9.17, 15) is 32.3 Å². The first-order chi connectivity index (χ1) is 12.1. The molecule has 0 saturated heterocycles. The predicted octanol–water partition coefficient (Wildman–Crippen LogP) is 4.09. The van der Waals surface area contributed by atoms with Crippen molar-refractivity contribution in [3.63, 3.8) is 0 Å². The number of benzene rings is 2. The second kappa shape index (κ2) is 7.96. The van der Waals surface area contributed by atoms with Gasteiger partial charge in [-0.15, -0.1) is 0 Å². The lowest BCUT2D eigenvalue weighted by atomic mass is 10.2. The summed E-state index contributed by atoms with van der Waals surface area (Å²) in [5, 5.41) is 11.0. The number of nitrogens with zero attached hydrogens (tertiary/aromatic N) is 1. The Kier molecular flexibility index (Phi) is 6.13. The fraction of sp³-hybridized carbons (Fsp3) is 0.133. The fourth-order valence-electron chi connectivity index (χ4n) is 1.88. The molecule has 0 aliphatic rings. The number of nitro groups is 1. The van der Waals surface area contributed by atoms with Crippen LogP contribution in [-0.2, 0) is 21.8 Å². The highest BCUT2D eigenvalue weighted by atomic mass is 79.9. The molecule has 0 unspecified atom stereocenters. The second-order valence-electron chi connectivity index (χ2n) is 4.86. The first kappa shape index (κ1) is 20.0. The van der Waals surface area contributed by atoms with Gasteiger partial charge in [-0.1, -0.05) is 15.9 Å². The van der Waals surface area contributed by atoms with Crippen molar-refractivity contribution < 1.29 is 31.8 Å². The first-order valence-electron chi connectivity index (χ1n) is 6.78. The number of esters is 1. The molecule has 0 aliphatic heterocycles. The first-order valence-corrected chi connectivity index (χ1v) is 8.89. The molecular weight excluding hydrogens is 443 g/mol. The molecule has 0 heterocycles. The van der Waals surface area contributed by atoms with Crippen LogP contribution in [0.25, 0.3) is 0 Å². The molecule has 0 aliphatic carbocycles. The van der Waals surface area contributed by atoms with Crippen LogP contribution in [0.3, 0.4) is 0 Å². The zero-order valence-electron chi connectivity index (χ0n) is 12.7. The predicted molar refractivity (Wildman–Crippen MR) is 89.2 cm³/mol. The summed E-state index contributed by atoms with van der Waals surface area (Å²) in [7, 11) is -2.25. The summed E-state index contributed by atoms with van der Waals surface area (Å²) in [6, 6.07) is 7.70. The number of ether oxygens (including phenoxy) is 1. The van der Waals surface area contributed by atoms with E-state index in [0.29, 0.717) is 6.07 Å². The van der Waals surface area contributed by atoms with Gasteiger partial charge in [-0.2, -0.15) is 13.2 Å². The highest BCUT2D eigenvalue weighted by Gasteiger charge is 2.34. The molecule has 0 radical (unpaired) electrons. The fourth-order valence-corrected chi connectivity index (χ4v) is 3.16. The molecular formula is C15H9BrF3NO5S. The van der Waals surface area contributed by atoms with Crippen molar-refractivity contribution in [1.29, 1.82) is 0 Å². The summed E-state index contributed by atoms with van der Waals surface area (Å²) in [5.74, 6) is -1.53. The van der Waals surface area contributed by atoms with Gasteiger partial charge in [0.2, 0.25) is 0 Å². The summed E-state index contributed by atoms with van der Waals surface area (Å²) in [6.07, 6.45) is -4.79. The van der Waals surface area contributed by atoms with Crippen LogP contribution >= 0.6 is 15.9 Å². The van der Waals surface area contributed by atoms with E-state index >= 15 is 0 Å². The lowest BCUT2D eigenvalue weighted by Crippen LogP contribution is -2.18. The average molecular weight is 452 g/mol. The standard InChI is InChI=1S/C15H9BrF3NO5S/c16-10-2-4-11(5-3-10)25-14(21)8-26(24)13-6-1-9(15(17,18)19)7-12(13)20(22)23/h1-7H,8H2/t26-/m1/s1. The molecule has 11 heteroatoms. The molecule has 2 aromatic rings. The van der Waals surface area contributed by atoms with Gasteiger partial charge >= 0.3 is 12.1 Å². The zero-order chi connectivity index (χ0) is 19.5. The molecule has 2 rings (SSSR count). The Morgan fingerprint density at radius 2 is 1.81 bits per heavy atom. The quantitative estimate of drug-likeness (QED) is 0.295. The van der Waals surface area contributed by atoms with Crippen LogP contribution in [0.5, 0.6) is 5.75 Å². The maximum Gasteiger partial charge on any atom is 0.416 e. The Balaban J connectivity index is 2.19. The number of carbonyl (C=O) groups is 1. The Morgan fingerprint density at radius 1 is 1.19 bits per heavy atom.